The molecule has 0 N–H and O–H groups in total. The van der Waals surface area contributed by atoms with E-state index in [1.807, 2.05) is 0 Å². The fourth-order valence-electron chi connectivity index (χ4n) is 2.50. The van der Waals surface area contributed by atoms with Gasteiger partial charge in [-0.05, 0) is 31.4 Å². The van der Waals surface area contributed by atoms with Crippen LogP contribution in [0.4, 0.5) is 4.48 Å². The van der Waals surface area contributed by atoms with E-state index in [1.165, 1.54) is 6.20 Å². The summed E-state index contributed by atoms with van der Waals surface area (Å²) < 4.78 is 18.8. The minimum atomic E-state index is -1.08. The van der Waals surface area contributed by atoms with Crippen LogP contribution in [-0.2, 0) is 9.59 Å². The van der Waals surface area contributed by atoms with Crippen LogP contribution in [0, 0.1) is 6.92 Å². The number of hydrogen-bond donors (Lipinski definition) is 0. The van der Waals surface area contributed by atoms with Crippen molar-refractivity contribution >= 4 is 18.1 Å². The Morgan fingerprint density at radius 3 is 2.58 bits per heavy atom. The molecule has 0 aliphatic carbocycles. The zero-order valence-electron chi connectivity index (χ0n) is 15.0. The molecule has 0 bridgehead atoms. The summed E-state index contributed by atoms with van der Waals surface area (Å²) in [7, 11) is 0.974. The van der Waals surface area contributed by atoms with Crippen LogP contribution in [0.2, 0.25) is 0 Å². The van der Waals surface area contributed by atoms with Gasteiger partial charge >= 0.3 is 0 Å². The molecule has 1 aromatic rings. The Hall–Kier alpha value is -2.96. The number of benzene rings is 1. The number of halogens is 1. The fourth-order valence-corrected chi connectivity index (χ4v) is 2.50. The lowest BCUT2D eigenvalue weighted by Crippen LogP contribution is -2.45. The van der Waals surface area contributed by atoms with Crippen molar-refractivity contribution in [1.82, 2.24) is 10.0 Å². The van der Waals surface area contributed by atoms with Gasteiger partial charge in [-0.2, -0.15) is 5.12 Å². The van der Waals surface area contributed by atoms with Gasteiger partial charge in [0.2, 0.25) is 0 Å². The Kier molecular flexibility index (Phi) is 8.21. The summed E-state index contributed by atoms with van der Waals surface area (Å²) in [5.74, 6) is -1.23. The number of carbonyl (C=O) groups excluding carboxylic acids is 3. The van der Waals surface area contributed by atoms with E-state index >= 15 is 0 Å². The molecule has 0 aliphatic heterocycles. The molecule has 0 saturated heterocycles. The van der Waals surface area contributed by atoms with Crippen LogP contribution in [0.3, 0.4) is 0 Å². The predicted molar refractivity (Wildman–Crippen MR) is 96.2 cm³/mol. The van der Waals surface area contributed by atoms with E-state index in [0.717, 1.165) is 11.9 Å². The maximum atomic E-state index is 13.5. The third-order valence-corrected chi connectivity index (χ3v) is 3.76. The highest BCUT2D eigenvalue weighted by molar-refractivity contribution is 6.01. The Labute approximate surface area is 152 Å². The van der Waals surface area contributed by atoms with Gasteiger partial charge < -0.3 is 9.64 Å². The molecule has 0 aromatic heterocycles. The van der Waals surface area contributed by atoms with Crippen molar-refractivity contribution < 1.29 is 23.6 Å². The summed E-state index contributed by atoms with van der Waals surface area (Å²) in [4.78, 5) is 37.0. The molecule has 0 fully saturated rings. The average Bonchev–Trinajstić information content (AvgIpc) is 2.62. The summed E-state index contributed by atoms with van der Waals surface area (Å²) in [5, 5.41) is -0.0564. The molecule has 1 unspecified atom stereocenters. The van der Waals surface area contributed by atoms with E-state index in [9.17, 15) is 18.9 Å². The molecular weight excluding hydrogens is 339 g/mol. The highest BCUT2D eigenvalue weighted by Gasteiger charge is 2.32. The van der Waals surface area contributed by atoms with E-state index in [-0.39, 0.29) is 29.5 Å². The van der Waals surface area contributed by atoms with Crippen LogP contribution in [0.25, 0.3) is 0 Å². The topological polar surface area (TPSA) is 66.9 Å². The van der Waals surface area contributed by atoms with Gasteiger partial charge in [-0.1, -0.05) is 29.3 Å². The highest BCUT2D eigenvalue weighted by Crippen LogP contribution is 2.26. The van der Waals surface area contributed by atoms with Crippen molar-refractivity contribution in [2.24, 2.45) is 0 Å². The minimum absolute atomic E-state index is 0.0564. The molecule has 6 nitrogen and oxygen atoms in total. The van der Waals surface area contributed by atoms with Gasteiger partial charge in [0.1, 0.15) is 18.4 Å². The molecule has 7 heteroatoms. The lowest BCUT2D eigenvalue weighted by atomic mass is 10.0. The van der Waals surface area contributed by atoms with Crippen LogP contribution in [0.1, 0.15) is 28.8 Å². The van der Waals surface area contributed by atoms with Crippen LogP contribution in [-0.4, -0.2) is 47.8 Å². The smallest absolute Gasteiger partial charge is 0.273 e. The van der Waals surface area contributed by atoms with E-state index in [4.69, 9.17) is 4.74 Å². The predicted octanol–water partition coefficient (Wildman–Crippen LogP) is 2.84. The third kappa shape index (κ3) is 5.02. The zero-order chi connectivity index (χ0) is 19.7. The van der Waals surface area contributed by atoms with Gasteiger partial charge in [0.25, 0.3) is 11.8 Å². The first-order chi connectivity index (χ1) is 12.4. The van der Waals surface area contributed by atoms with Crippen molar-refractivity contribution in [1.29, 1.82) is 0 Å². The summed E-state index contributed by atoms with van der Waals surface area (Å²) in [6.07, 6.45) is 3.93. The number of amides is 2. The van der Waals surface area contributed by atoms with Crippen molar-refractivity contribution in [3.63, 3.8) is 0 Å². The number of ether oxygens (including phenoxy) is 1. The molecule has 1 atom stereocenters. The number of hydrogen-bond acceptors (Lipinski definition) is 4. The van der Waals surface area contributed by atoms with Gasteiger partial charge in [-0.25, -0.2) is 0 Å². The number of nitrogens with zero attached hydrogens (tertiary/aromatic N) is 2. The van der Waals surface area contributed by atoms with E-state index < -0.39 is 17.9 Å². The number of likely N-dealkylation sites (N-methyl/N-ethyl adjacent to an activating group) is 1. The summed E-state index contributed by atoms with van der Waals surface area (Å²) in [5.41, 5.74) is 0.779. The zero-order valence-corrected chi connectivity index (χ0v) is 15.0. The normalized spacial score (nSPS) is 11.2. The molecule has 1 aromatic carbocycles. The van der Waals surface area contributed by atoms with E-state index in [2.05, 4.69) is 13.2 Å². The van der Waals surface area contributed by atoms with Gasteiger partial charge in [0, 0.05) is 13.2 Å². The molecule has 140 valence electrons. The van der Waals surface area contributed by atoms with Crippen LogP contribution in [0.5, 0.6) is 5.75 Å². The Morgan fingerprint density at radius 2 is 2.04 bits per heavy atom. The van der Waals surface area contributed by atoms with Crippen LogP contribution >= 0.6 is 0 Å². The van der Waals surface area contributed by atoms with Gasteiger partial charge in [0.05, 0.1) is 5.56 Å². The van der Waals surface area contributed by atoms with Gasteiger partial charge in [-0.3, -0.25) is 14.4 Å². The molecule has 0 heterocycles. The van der Waals surface area contributed by atoms with Crippen molar-refractivity contribution in [3.8, 4) is 5.75 Å². The highest BCUT2D eigenvalue weighted by atomic mass is 19.2. The van der Waals surface area contributed by atoms with Crippen LogP contribution < -0.4 is 4.74 Å². The summed E-state index contributed by atoms with van der Waals surface area (Å²) in [6, 6.07) is 3.85. The molecule has 0 radical (unpaired) electrons. The Bertz CT molecular complexity index is 688. The molecule has 26 heavy (non-hydrogen) atoms. The second-order valence-corrected chi connectivity index (χ2v) is 5.52. The standard InChI is InChI=1S/C19H23FN2O4/c1-5-7-10-15(18(24)21(4)20)22(6-2)19(25)17-14(3)9-8-11-16(17)26-13-12-23/h5-6,8-9,11-12,15H,1-2,7,10,13H2,3-4H3. The van der Waals surface area contributed by atoms with Gasteiger partial charge in [-0.15, -0.1) is 6.58 Å². The van der Waals surface area contributed by atoms with Crippen molar-refractivity contribution in [2.75, 3.05) is 13.7 Å². The molecule has 2 amide bonds. The van der Waals surface area contributed by atoms with Gasteiger partial charge in [0.15, 0.2) is 6.29 Å². The molecule has 0 spiro atoms. The van der Waals surface area contributed by atoms with E-state index in [1.54, 1.807) is 31.2 Å². The van der Waals surface area contributed by atoms with Crippen molar-refractivity contribution in [2.45, 2.75) is 25.8 Å². The first-order valence-electron chi connectivity index (χ1n) is 8.04. The second kappa shape index (κ2) is 10.1. The number of aldehydes is 1. The quantitative estimate of drug-likeness (QED) is 0.365. The number of aryl methyl sites for hydroxylation is 1. The van der Waals surface area contributed by atoms with Crippen molar-refractivity contribution in [3.05, 3.63) is 54.8 Å². The number of carbonyl (C=O) groups is 3. The summed E-state index contributed by atoms with van der Waals surface area (Å²) >= 11 is 0. The maximum absolute atomic E-state index is 13.5. The minimum Gasteiger partial charge on any atom is -0.485 e. The largest absolute Gasteiger partial charge is 0.485 e. The lowest BCUT2D eigenvalue weighted by Gasteiger charge is -2.29. The second-order valence-electron chi connectivity index (χ2n) is 5.52. The molecular formula is C19H23FN2O4. The molecule has 0 saturated carbocycles. The Balaban J connectivity index is 3.32. The monoisotopic (exact) mass is 362 g/mol. The SMILES string of the molecule is C=CCCC(C(=O)N(C)F)N(C=C)C(=O)c1c(C)cccc1OCC=O. The Morgan fingerprint density at radius 1 is 1.35 bits per heavy atom. The fraction of sp³-hybridized carbons (Fsp3) is 0.316. The number of rotatable bonds is 10. The maximum Gasteiger partial charge on any atom is 0.273 e. The first kappa shape index (κ1) is 21.1. The lowest BCUT2D eigenvalue weighted by molar-refractivity contribution is -0.147. The van der Waals surface area contributed by atoms with E-state index in [0.29, 0.717) is 18.3 Å². The summed E-state index contributed by atoms with van der Waals surface area (Å²) in [6.45, 7) is 8.66. The third-order valence-electron chi connectivity index (χ3n) is 3.76. The number of allylic oxidation sites excluding steroid dienone is 1. The molecule has 1 rings (SSSR count). The van der Waals surface area contributed by atoms with Crippen LogP contribution in [0.15, 0.2) is 43.6 Å². The average molecular weight is 362 g/mol. The first-order valence-corrected chi connectivity index (χ1v) is 8.04. The molecule has 0 aliphatic rings.